The summed E-state index contributed by atoms with van der Waals surface area (Å²) in [5.74, 6) is -0.520. The van der Waals surface area contributed by atoms with E-state index in [1.807, 2.05) is 0 Å². The molecule has 0 heterocycles. The number of phosphoric acid groups is 2. The molecule has 0 saturated carbocycles. The molecule has 0 saturated heterocycles. The highest BCUT2D eigenvalue weighted by molar-refractivity contribution is 7.47. The van der Waals surface area contributed by atoms with E-state index in [9.17, 15) is 43.2 Å². The van der Waals surface area contributed by atoms with E-state index in [-0.39, 0.29) is 25.7 Å². The van der Waals surface area contributed by atoms with Crippen molar-refractivity contribution in [2.75, 3.05) is 39.6 Å². The zero-order valence-electron chi connectivity index (χ0n) is 67.6. The third-order valence-electron chi connectivity index (χ3n) is 19.7. The molecule has 0 bridgehead atoms. The van der Waals surface area contributed by atoms with Gasteiger partial charge in [0.25, 0.3) is 0 Å². The Kier molecular flexibility index (Phi) is 74.1. The van der Waals surface area contributed by atoms with E-state index in [1.165, 1.54) is 263 Å². The van der Waals surface area contributed by atoms with Gasteiger partial charge in [0.1, 0.15) is 19.3 Å². The summed E-state index contributed by atoms with van der Waals surface area (Å²) in [5.41, 5.74) is 0. The van der Waals surface area contributed by atoms with E-state index in [0.29, 0.717) is 25.7 Å². The quantitative estimate of drug-likeness (QED) is 0.0222. The normalized spacial score (nSPS) is 13.9. The first kappa shape index (κ1) is 101. The first-order valence-corrected chi connectivity index (χ1v) is 46.5. The summed E-state index contributed by atoms with van der Waals surface area (Å²) in [6, 6.07) is 0. The van der Waals surface area contributed by atoms with Gasteiger partial charge in [-0.3, -0.25) is 37.3 Å². The predicted molar refractivity (Wildman–Crippen MR) is 423 cm³/mol. The molecule has 5 atom stereocenters. The molecule has 0 radical (unpaired) electrons. The molecule has 0 aromatic carbocycles. The van der Waals surface area contributed by atoms with Gasteiger partial charge in [0.2, 0.25) is 0 Å². The number of ether oxygens (including phenoxy) is 4. The predicted octanol–water partition coefficient (Wildman–Crippen LogP) is 25.5. The van der Waals surface area contributed by atoms with Gasteiger partial charge < -0.3 is 33.8 Å². The Morgan fingerprint density at radius 3 is 0.660 bits per heavy atom. The summed E-state index contributed by atoms with van der Waals surface area (Å²) >= 11 is 0. The van der Waals surface area contributed by atoms with Gasteiger partial charge in [-0.15, -0.1) is 0 Å². The molecule has 0 spiro atoms. The lowest BCUT2D eigenvalue weighted by Crippen LogP contribution is -2.30. The lowest BCUT2D eigenvalue weighted by atomic mass is 10.0. The van der Waals surface area contributed by atoms with Crippen molar-refractivity contribution in [3.05, 3.63) is 0 Å². The zero-order chi connectivity index (χ0) is 75.6. The number of aliphatic hydroxyl groups excluding tert-OH is 1. The molecule has 17 nitrogen and oxygen atoms in total. The van der Waals surface area contributed by atoms with Crippen LogP contribution < -0.4 is 0 Å². The molecule has 0 amide bonds. The van der Waals surface area contributed by atoms with Crippen LogP contribution in [0.1, 0.15) is 446 Å². The fraction of sp³-hybridized carbons (Fsp3) is 0.952. The second-order valence-corrected chi connectivity index (χ2v) is 34.1. The molecule has 0 aliphatic rings. The maximum atomic E-state index is 13.1. The van der Waals surface area contributed by atoms with Crippen LogP contribution in [0.2, 0.25) is 0 Å². The van der Waals surface area contributed by atoms with Gasteiger partial charge in [0.15, 0.2) is 12.2 Å². The largest absolute Gasteiger partial charge is 0.472 e. The maximum absolute atomic E-state index is 13.1. The maximum Gasteiger partial charge on any atom is 0.472 e. The molecule has 19 heteroatoms. The number of esters is 4. The van der Waals surface area contributed by atoms with E-state index in [1.54, 1.807) is 0 Å². The summed E-state index contributed by atoms with van der Waals surface area (Å²) in [6.07, 6.45) is 66.7. The van der Waals surface area contributed by atoms with E-state index in [0.717, 1.165) is 102 Å². The molecule has 0 aliphatic carbocycles. The van der Waals surface area contributed by atoms with E-state index >= 15 is 0 Å². The van der Waals surface area contributed by atoms with Crippen molar-refractivity contribution >= 4 is 39.5 Å². The lowest BCUT2D eigenvalue weighted by Gasteiger charge is -2.21. The van der Waals surface area contributed by atoms with Crippen molar-refractivity contribution in [2.24, 2.45) is 11.8 Å². The fourth-order valence-corrected chi connectivity index (χ4v) is 14.6. The van der Waals surface area contributed by atoms with E-state index in [4.69, 9.17) is 37.0 Å². The number of hydrogen-bond donors (Lipinski definition) is 3. The van der Waals surface area contributed by atoms with Gasteiger partial charge in [-0.05, 0) is 37.5 Å². The highest BCUT2D eigenvalue weighted by Gasteiger charge is 2.30. The average Bonchev–Trinajstić information content (AvgIpc) is 1.01. The van der Waals surface area contributed by atoms with Gasteiger partial charge in [-0.25, -0.2) is 9.13 Å². The minimum atomic E-state index is -4.96. The van der Waals surface area contributed by atoms with Crippen LogP contribution in [0, 0.1) is 11.8 Å². The lowest BCUT2D eigenvalue weighted by molar-refractivity contribution is -0.161. The third kappa shape index (κ3) is 78.0. The van der Waals surface area contributed by atoms with Crippen LogP contribution in [-0.4, -0.2) is 96.7 Å². The highest BCUT2D eigenvalue weighted by Crippen LogP contribution is 2.45. The van der Waals surface area contributed by atoms with Crippen LogP contribution in [0.15, 0.2) is 0 Å². The Bertz CT molecular complexity index is 1980. The average molecular weight is 1510 g/mol. The smallest absolute Gasteiger partial charge is 0.462 e. The third-order valence-corrected chi connectivity index (χ3v) is 21.6. The molecule has 0 aliphatic heterocycles. The molecule has 3 N–H and O–H groups in total. The SMILES string of the molecule is CCCCCCCCCCCCCCCCCCCCCCCC(=O)O[C@H](COC(=O)CCCCCCCCCCCCCCCCC(C)C)COP(=O)(O)OC[C@@H](O)COP(=O)(O)OC[C@@H](COC(=O)CCCCCCCCCCC)OC(=O)CCCCCCCCCCCCCCCC(C)C. The number of rotatable bonds is 83. The molecular weight excluding hydrogens is 1340 g/mol. The van der Waals surface area contributed by atoms with Gasteiger partial charge in [-0.2, -0.15) is 0 Å². The Labute approximate surface area is 632 Å². The summed E-state index contributed by atoms with van der Waals surface area (Å²) in [7, 11) is -9.92. The van der Waals surface area contributed by atoms with Crippen molar-refractivity contribution in [2.45, 2.75) is 464 Å². The number of carbonyl (C=O) groups is 4. The van der Waals surface area contributed by atoms with Gasteiger partial charge in [0, 0.05) is 25.7 Å². The standard InChI is InChI=1S/C84H164O17P2/c1-7-9-11-13-15-17-18-19-20-21-22-23-24-25-26-33-38-44-50-56-62-68-83(88)101-80(73-95-82(87)67-61-55-49-43-37-32-28-27-30-35-41-46-52-58-64-76(3)4)75-99-103(92,93)97-71-78(85)70-96-102(90,91)98-74-79(72-94-81(86)66-60-54-48-40-16-14-12-10-8-2)100-84(89)69-63-57-51-45-39-34-29-31-36-42-47-53-59-65-77(5)6/h76-80,85H,7-75H2,1-6H3,(H,90,91)(H,92,93)/t78-,79+,80+/m0/s1. The fourth-order valence-electron chi connectivity index (χ4n) is 13.1. The summed E-state index contributed by atoms with van der Waals surface area (Å²) in [5, 5.41) is 10.7. The summed E-state index contributed by atoms with van der Waals surface area (Å²) in [6.45, 7) is 9.68. The van der Waals surface area contributed by atoms with Crippen molar-refractivity contribution in [1.29, 1.82) is 0 Å². The summed E-state index contributed by atoms with van der Waals surface area (Å²) < 4.78 is 68.8. The summed E-state index contributed by atoms with van der Waals surface area (Å²) in [4.78, 5) is 73.1. The van der Waals surface area contributed by atoms with E-state index in [2.05, 4.69) is 41.5 Å². The van der Waals surface area contributed by atoms with Crippen molar-refractivity contribution in [3.8, 4) is 0 Å². The Morgan fingerprint density at radius 1 is 0.262 bits per heavy atom. The van der Waals surface area contributed by atoms with Gasteiger partial charge >= 0.3 is 39.5 Å². The van der Waals surface area contributed by atoms with Crippen LogP contribution in [-0.2, 0) is 65.4 Å². The Morgan fingerprint density at radius 2 is 0.447 bits per heavy atom. The molecule has 612 valence electrons. The number of unbranched alkanes of at least 4 members (excludes halogenated alkanes) is 53. The molecule has 103 heavy (non-hydrogen) atoms. The first-order chi connectivity index (χ1) is 49.9. The monoisotopic (exact) mass is 1510 g/mol. The van der Waals surface area contributed by atoms with Gasteiger partial charge in [-0.1, -0.05) is 395 Å². The molecule has 2 unspecified atom stereocenters. The zero-order valence-corrected chi connectivity index (χ0v) is 69.4. The van der Waals surface area contributed by atoms with Crippen LogP contribution >= 0.6 is 15.6 Å². The van der Waals surface area contributed by atoms with Crippen molar-refractivity contribution in [3.63, 3.8) is 0 Å². The van der Waals surface area contributed by atoms with Crippen LogP contribution in [0.25, 0.3) is 0 Å². The number of hydrogen-bond acceptors (Lipinski definition) is 15. The van der Waals surface area contributed by atoms with Crippen molar-refractivity contribution in [1.82, 2.24) is 0 Å². The van der Waals surface area contributed by atoms with Crippen molar-refractivity contribution < 1.29 is 80.2 Å². The molecule has 0 aromatic rings. The molecular formula is C84H164O17P2. The van der Waals surface area contributed by atoms with Crippen LogP contribution in [0.4, 0.5) is 0 Å². The Balaban J connectivity index is 5.21. The minimum Gasteiger partial charge on any atom is -0.462 e. The second kappa shape index (κ2) is 75.5. The number of carbonyl (C=O) groups excluding carboxylic acids is 4. The number of aliphatic hydroxyl groups is 1. The van der Waals surface area contributed by atoms with Crippen LogP contribution in [0.3, 0.4) is 0 Å². The number of phosphoric ester groups is 2. The van der Waals surface area contributed by atoms with Crippen LogP contribution in [0.5, 0.6) is 0 Å². The molecule has 0 rings (SSSR count). The van der Waals surface area contributed by atoms with E-state index < -0.39 is 97.5 Å². The Hall–Kier alpha value is -1.94. The molecule has 0 fully saturated rings. The topological polar surface area (TPSA) is 237 Å². The minimum absolute atomic E-state index is 0.107. The first-order valence-electron chi connectivity index (χ1n) is 43.5. The highest BCUT2D eigenvalue weighted by atomic mass is 31.2. The van der Waals surface area contributed by atoms with Gasteiger partial charge in [0.05, 0.1) is 26.4 Å². The second-order valence-electron chi connectivity index (χ2n) is 31.2. The molecule has 0 aromatic heterocycles.